The van der Waals surface area contributed by atoms with Crippen LogP contribution in [0.1, 0.15) is 18.9 Å². The number of carbonyl (C=O) groups is 1. The third-order valence-corrected chi connectivity index (χ3v) is 6.58. The highest BCUT2D eigenvalue weighted by Gasteiger charge is 2.34. The van der Waals surface area contributed by atoms with Gasteiger partial charge in [0, 0.05) is 12.2 Å². The molecule has 1 heterocycles. The van der Waals surface area contributed by atoms with Crippen molar-refractivity contribution < 1.29 is 13.2 Å². The Kier molecular flexibility index (Phi) is 5.70. The van der Waals surface area contributed by atoms with Crippen LogP contribution in [0.2, 0.25) is 10.0 Å². The van der Waals surface area contributed by atoms with Gasteiger partial charge in [0.15, 0.2) is 0 Å². The fraction of sp³-hybridized carbons (Fsp3) is 0.316. The largest absolute Gasteiger partial charge is 0.310 e. The fourth-order valence-electron chi connectivity index (χ4n) is 3.41. The first-order valence-electron chi connectivity index (χ1n) is 8.54. The van der Waals surface area contributed by atoms with E-state index in [1.54, 1.807) is 17.9 Å². The van der Waals surface area contributed by atoms with Crippen LogP contribution in [0.4, 0.5) is 11.4 Å². The van der Waals surface area contributed by atoms with Crippen LogP contribution < -0.4 is 9.21 Å². The molecule has 0 fully saturated rings. The second-order valence-electron chi connectivity index (χ2n) is 6.56. The van der Waals surface area contributed by atoms with Gasteiger partial charge < -0.3 is 4.90 Å². The van der Waals surface area contributed by atoms with Crippen molar-refractivity contribution in [2.45, 2.75) is 25.8 Å². The van der Waals surface area contributed by atoms with Crippen molar-refractivity contribution in [1.29, 1.82) is 0 Å². The lowest BCUT2D eigenvalue weighted by molar-refractivity contribution is -0.119. The first-order chi connectivity index (χ1) is 12.7. The third kappa shape index (κ3) is 4.08. The van der Waals surface area contributed by atoms with Gasteiger partial charge in [-0.15, -0.1) is 0 Å². The van der Waals surface area contributed by atoms with Crippen molar-refractivity contribution in [3.8, 4) is 0 Å². The molecule has 27 heavy (non-hydrogen) atoms. The van der Waals surface area contributed by atoms with Crippen molar-refractivity contribution in [3.63, 3.8) is 0 Å². The molecule has 0 N–H and O–H groups in total. The number of hydrogen-bond acceptors (Lipinski definition) is 3. The van der Waals surface area contributed by atoms with E-state index >= 15 is 0 Å². The van der Waals surface area contributed by atoms with Crippen LogP contribution in [0.15, 0.2) is 42.5 Å². The van der Waals surface area contributed by atoms with E-state index in [1.807, 2.05) is 24.3 Å². The Hall–Kier alpha value is -1.76. The van der Waals surface area contributed by atoms with E-state index in [9.17, 15) is 13.2 Å². The second kappa shape index (κ2) is 7.70. The van der Waals surface area contributed by atoms with Crippen LogP contribution in [-0.4, -0.2) is 33.2 Å². The first kappa shape index (κ1) is 20.0. The highest BCUT2D eigenvalue weighted by atomic mass is 35.5. The molecule has 1 amide bonds. The van der Waals surface area contributed by atoms with Gasteiger partial charge in [-0.05, 0) is 49.6 Å². The molecule has 0 radical (unpaired) electrons. The number of amides is 1. The number of hydrogen-bond donors (Lipinski definition) is 0. The van der Waals surface area contributed by atoms with Crippen LogP contribution in [0, 0.1) is 0 Å². The Labute approximate surface area is 169 Å². The number of nitrogens with zero attached hydrogens (tertiary/aromatic N) is 2. The van der Waals surface area contributed by atoms with Gasteiger partial charge in [0.2, 0.25) is 10.0 Å². The Morgan fingerprint density at radius 3 is 2.52 bits per heavy atom. The highest BCUT2D eigenvalue weighted by Crippen LogP contribution is 2.32. The van der Waals surface area contributed by atoms with Gasteiger partial charge in [-0.25, -0.2) is 8.42 Å². The average molecular weight is 427 g/mol. The van der Waals surface area contributed by atoms with Gasteiger partial charge in [0.1, 0.15) is 6.04 Å². The maximum Gasteiger partial charge on any atom is 0.250 e. The lowest BCUT2D eigenvalue weighted by Crippen LogP contribution is -2.50. The molecule has 8 heteroatoms. The highest BCUT2D eigenvalue weighted by molar-refractivity contribution is 7.92. The third-order valence-electron chi connectivity index (χ3n) is 4.60. The molecule has 2 aromatic carbocycles. The van der Waals surface area contributed by atoms with E-state index in [1.165, 1.54) is 12.1 Å². The first-order valence-corrected chi connectivity index (χ1v) is 11.1. The maximum absolute atomic E-state index is 13.2. The van der Waals surface area contributed by atoms with Gasteiger partial charge in [0.05, 0.1) is 22.0 Å². The van der Waals surface area contributed by atoms with E-state index in [2.05, 4.69) is 0 Å². The molecule has 1 aliphatic rings. The Balaban J connectivity index is 1.99. The molecule has 0 aliphatic carbocycles. The molecule has 5 nitrogen and oxygen atoms in total. The van der Waals surface area contributed by atoms with E-state index in [0.29, 0.717) is 17.3 Å². The number of benzene rings is 2. The molecule has 2 aromatic rings. The maximum atomic E-state index is 13.2. The van der Waals surface area contributed by atoms with Crippen molar-refractivity contribution in [3.05, 3.63) is 58.1 Å². The molecule has 144 valence electrons. The van der Waals surface area contributed by atoms with Crippen LogP contribution >= 0.6 is 23.2 Å². The lowest BCUT2D eigenvalue weighted by atomic mass is 10.0. The second-order valence-corrected chi connectivity index (χ2v) is 9.23. The summed E-state index contributed by atoms with van der Waals surface area (Å²) in [6.07, 6.45) is 2.81. The smallest absolute Gasteiger partial charge is 0.250 e. The average Bonchev–Trinajstić information content (AvgIpc) is 2.62. The summed E-state index contributed by atoms with van der Waals surface area (Å²) in [5.74, 6) is -0.279. The summed E-state index contributed by atoms with van der Waals surface area (Å²) >= 11 is 12.0. The summed E-state index contributed by atoms with van der Waals surface area (Å²) in [7, 11) is -3.72. The molecular formula is C19H20Cl2N2O3S. The summed E-state index contributed by atoms with van der Waals surface area (Å²) in [4.78, 5) is 14.9. The molecule has 1 aliphatic heterocycles. The molecule has 0 spiro atoms. The van der Waals surface area contributed by atoms with E-state index in [-0.39, 0.29) is 10.9 Å². The molecule has 0 saturated heterocycles. The summed E-state index contributed by atoms with van der Waals surface area (Å²) < 4.78 is 26.1. The van der Waals surface area contributed by atoms with Crippen LogP contribution in [0.25, 0.3) is 0 Å². The monoisotopic (exact) mass is 426 g/mol. The topological polar surface area (TPSA) is 57.7 Å². The minimum Gasteiger partial charge on any atom is -0.310 e. The van der Waals surface area contributed by atoms with Gasteiger partial charge in [-0.1, -0.05) is 41.4 Å². The molecule has 0 aromatic heterocycles. The van der Waals surface area contributed by atoms with Gasteiger partial charge in [-0.3, -0.25) is 9.10 Å². The molecular weight excluding hydrogens is 407 g/mol. The van der Waals surface area contributed by atoms with Crippen molar-refractivity contribution in [2.75, 3.05) is 22.0 Å². The van der Waals surface area contributed by atoms with E-state index < -0.39 is 16.1 Å². The number of rotatable bonds is 4. The number of aryl methyl sites for hydroxylation is 1. The fourth-order valence-corrected chi connectivity index (χ4v) is 4.87. The standard InChI is InChI=1S/C19H20Cl2N2O3S/c1-13(19(24)22-11-5-7-14-6-3-4-8-18(14)22)23(27(2,25)26)15-9-10-16(20)17(21)12-15/h3-4,6,8-10,12-13H,5,7,11H2,1-2H3. The van der Waals surface area contributed by atoms with E-state index in [4.69, 9.17) is 23.2 Å². The SMILES string of the molecule is CC(C(=O)N1CCCc2ccccc21)N(c1ccc(Cl)c(Cl)c1)S(C)(=O)=O. The molecule has 3 rings (SSSR count). The predicted molar refractivity (Wildman–Crippen MR) is 110 cm³/mol. The normalized spacial score (nSPS) is 15.2. The zero-order valence-corrected chi connectivity index (χ0v) is 17.4. The quantitative estimate of drug-likeness (QED) is 0.738. The number of halogens is 2. The van der Waals surface area contributed by atoms with Crippen LogP contribution in [0.3, 0.4) is 0 Å². The zero-order chi connectivity index (χ0) is 19.8. The van der Waals surface area contributed by atoms with Gasteiger partial charge >= 0.3 is 0 Å². The minimum atomic E-state index is -3.72. The summed E-state index contributed by atoms with van der Waals surface area (Å²) in [5, 5.41) is 0.545. The summed E-state index contributed by atoms with van der Waals surface area (Å²) in [6, 6.07) is 11.3. The van der Waals surface area contributed by atoms with E-state index in [0.717, 1.165) is 34.7 Å². The molecule has 1 atom stereocenters. The van der Waals surface area contributed by atoms with Gasteiger partial charge in [0.25, 0.3) is 5.91 Å². The number of anilines is 2. The molecule has 1 unspecified atom stereocenters. The number of fused-ring (bicyclic) bond motifs is 1. The Bertz CT molecular complexity index is 979. The lowest BCUT2D eigenvalue weighted by Gasteiger charge is -2.35. The van der Waals surface area contributed by atoms with Gasteiger partial charge in [-0.2, -0.15) is 0 Å². The molecule has 0 saturated carbocycles. The Morgan fingerprint density at radius 1 is 1.15 bits per heavy atom. The minimum absolute atomic E-state index is 0.228. The summed E-state index contributed by atoms with van der Waals surface area (Å²) in [6.45, 7) is 2.14. The van der Waals surface area contributed by atoms with Crippen molar-refractivity contribution in [2.24, 2.45) is 0 Å². The van der Waals surface area contributed by atoms with Crippen molar-refractivity contribution in [1.82, 2.24) is 0 Å². The zero-order valence-electron chi connectivity index (χ0n) is 15.0. The molecule has 0 bridgehead atoms. The van der Waals surface area contributed by atoms with Crippen LogP contribution in [0.5, 0.6) is 0 Å². The number of carbonyl (C=O) groups excluding carboxylic acids is 1. The van der Waals surface area contributed by atoms with Crippen molar-refractivity contribution >= 4 is 50.5 Å². The number of sulfonamides is 1. The van der Waals surface area contributed by atoms with Crippen LogP contribution in [-0.2, 0) is 21.2 Å². The predicted octanol–water partition coefficient (Wildman–Crippen LogP) is 4.13. The summed E-state index contributed by atoms with van der Waals surface area (Å²) in [5.41, 5.74) is 2.23. The Morgan fingerprint density at radius 2 is 1.85 bits per heavy atom. The number of para-hydroxylation sites is 1.